The van der Waals surface area contributed by atoms with E-state index in [-0.39, 0.29) is 9.49 Å². The molecular weight excluding hydrogens is 338 g/mol. The second-order valence-corrected chi connectivity index (χ2v) is 13.1. The monoisotopic (exact) mass is 373 g/mol. The van der Waals surface area contributed by atoms with Crippen LogP contribution in [0, 0.1) is 5.41 Å². The predicted molar refractivity (Wildman–Crippen MR) is 115 cm³/mol. The molecule has 1 heterocycles. The number of nitrogens with two attached hydrogens (primary N) is 1. The van der Waals surface area contributed by atoms with Crippen LogP contribution in [0.15, 0.2) is 24.3 Å². The number of benzene rings is 1. The first-order chi connectivity index (χ1) is 11.9. The summed E-state index contributed by atoms with van der Waals surface area (Å²) in [6.07, 6.45) is 7.77. The minimum atomic E-state index is -0.814. The molecule has 1 aromatic rings. The van der Waals surface area contributed by atoms with Crippen molar-refractivity contribution in [2.45, 2.75) is 89.1 Å². The molecule has 3 heteroatoms. The maximum absolute atomic E-state index is 12.9. The zero-order valence-corrected chi connectivity index (χ0v) is 18.1. The third-order valence-electron chi connectivity index (χ3n) is 6.35. The average molecular weight is 374 g/mol. The number of allylic oxidation sites excluding steroid dienone is 2. The Kier molecular flexibility index (Phi) is 4.92. The highest BCUT2D eigenvalue weighted by Gasteiger charge is 2.45. The van der Waals surface area contributed by atoms with Crippen LogP contribution in [0.25, 0.3) is 5.57 Å². The molecule has 3 rings (SSSR count). The van der Waals surface area contributed by atoms with Gasteiger partial charge in [-0.05, 0) is 94.4 Å². The first-order valence-electron chi connectivity index (χ1n) is 9.92. The van der Waals surface area contributed by atoms with Gasteiger partial charge in [-0.1, -0.05) is 26.0 Å². The Balaban J connectivity index is 1.93. The minimum Gasteiger partial charge on any atom is -0.398 e. The van der Waals surface area contributed by atoms with Gasteiger partial charge in [0.15, 0.2) is 0 Å². The summed E-state index contributed by atoms with van der Waals surface area (Å²) in [6.45, 7) is 13.3. The molecule has 1 aliphatic carbocycles. The van der Waals surface area contributed by atoms with Gasteiger partial charge in [-0.15, -0.1) is 0 Å². The molecule has 2 nitrogen and oxygen atoms in total. The van der Waals surface area contributed by atoms with E-state index in [1.54, 1.807) is 0 Å². The third-order valence-corrected chi connectivity index (χ3v) is 8.69. The fourth-order valence-corrected chi connectivity index (χ4v) is 7.02. The molecule has 1 saturated heterocycles. The molecule has 0 unspecified atom stereocenters. The number of rotatable bonds is 2. The smallest absolute Gasteiger partial charge is 0.0414 e. The van der Waals surface area contributed by atoms with Gasteiger partial charge in [-0.3, -0.25) is 4.21 Å². The molecule has 26 heavy (non-hydrogen) atoms. The molecule has 0 saturated carbocycles. The lowest BCUT2D eigenvalue weighted by molar-refractivity contribution is 0.335. The Bertz CT molecular complexity index is 737. The Labute approximate surface area is 162 Å². The summed E-state index contributed by atoms with van der Waals surface area (Å²) in [6, 6.07) is 6.60. The molecule has 144 valence electrons. The topological polar surface area (TPSA) is 43.1 Å². The van der Waals surface area contributed by atoms with Crippen LogP contribution < -0.4 is 5.73 Å². The minimum absolute atomic E-state index is 0.151. The summed E-state index contributed by atoms with van der Waals surface area (Å²) in [5, 5.41) is 0. The first kappa shape index (κ1) is 19.7. The number of hydrogen-bond donors (Lipinski definition) is 1. The van der Waals surface area contributed by atoms with Crippen molar-refractivity contribution >= 4 is 22.1 Å². The van der Waals surface area contributed by atoms with Crippen LogP contribution in [0.5, 0.6) is 0 Å². The van der Waals surface area contributed by atoms with Crippen molar-refractivity contribution in [3.63, 3.8) is 0 Å². The van der Waals surface area contributed by atoms with Gasteiger partial charge in [-0.25, -0.2) is 0 Å². The van der Waals surface area contributed by atoms with Crippen LogP contribution in [-0.2, 0) is 10.8 Å². The first-order valence-corrected chi connectivity index (χ1v) is 11.1. The van der Waals surface area contributed by atoms with Gasteiger partial charge >= 0.3 is 0 Å². The fraction of sp³-hybridized carbons (Fsp3) is 0.652. The van der Waals surface area contributed by atoms with Gasteiger partial charge in [0.05, 0.1) is 0 Å². The zero-order valence-electron chi connectivity index (χ0n) is 17.3. The van der Waals surface area contributed by atoms with E-state index in [1.165, 1.54) is 23.1 Å². The molecule has 2 aliphatic rings. The molecule has 0 bridgehead atoms. The molecule has 0 spiro atoms. The van der Waals surface area contributed by atoms with E-state index in [0.717, 1.165) is 31.4 Å². The van der Waals surface area contributed by atoms with Crippen molar-refractivity contribution in [2.75, 3.05) is 5.73 Å². The largest absolute Gasteiger partial charge is 0.398 e. The van der Waals surface area contributed by atoms with Crippen LogP contribution in [0.2, 0.25) is 0 Å². The molecule has 2 N–H and O–H groups in total. The Morgan fingerprint density at radius 1 is 1.04 bits per heavy atom. The zero-order chi connectivity index (χ0) is 19.3. The van der Waals surface area contributed by atoms with E-state index < -0.39 is 10.8 Å². The highest BCUT2D eigenvalue weighted by molar-refractivity contribution is 7.87. The molecule has 1 fully saturated rings. The summed E-state index contributed by atoms with van der Waals surface area (Å²) in [4.78, 5) is 0. The van der Waals surface area contributed by atoms with Gasteiger partial charge in [-0.2, -0.15) is 0 Å². The summed E-state index contributed by atoms with van der Waals surface area (Å²) in [7, 11) is -0.814. The van der Waals surface area contributed by atoms with Gasteiger partial charge in [0, 0.05) is 31.5 Å². The van der Waals surface area contributed by atoms with Crippen LogP contribution in [0.4, 0.5) is 5.69 Å². The normalized spacial score (nSPS) is 29.8. The van der Waals surface area contributed by atoms with Gasteiger partial charge < -0.3 is 5.73 Å². The highest BCUT2D eigenvalue weighted by Crippen LogP contribution is 2.47. The van der Waals surface area contributed by atoms with Crippen molar-refractivity contribution in [3.8, 4) is 0 Å². The predicted octanol–water partition coefficient (Wildman–Crippen LogP) is 6.05. The van der Waals surface area contributed by atoms with Gasteiger partial charge in [0.2, 0.25) is 0 Å². The van der Waals surface area contributed by atoms with E-state index in [9.17, 15) is 4.21 Å². The fourth-order valence-electron chi connectivity index (χ4n) is 4.82. The van der Waals surface area contributed by atoms with E-state index in [4.69, 9.17) is 5.73 Å². The molecule has 0 radical (unpaired) electrons. The van der Waals surface area contributed by atoms with Crippen LogP contribution in [-0.4, -0.2) is 13.7 Å². The van der Waals surface area contributed by atoms with Crippen molar-refractivity contribution in [1.29, 1.82) is 0 Å². The van der Waals surface area contributed by atoms with Gasteiger partial charge in [0.1, 0.15) is 0 Å². The molecular formula is C23H35NOS. The maximum atomic E-state index is 12.9. The van der Waals surface area contributed by atoms with Crippen LogP contribution >= 0.6 is 0 Å². The average Bonchev–Trinajstić information content (AvgIpc) is 2.53. The SMILES string of the molecule is CC1(C)CC=C(c2cc(C3CC(C)(C)S(=O)C(C)(C)C3)ccc2N)CC1. The Hall–Kier alpha value is -1.09. The lowest BCUT2D eigenvalue weighted by Crippen LogP contribution is -2.47. The molecule has 0 aromatic heterocycles. The van der Waals surface area contributed by atoms with E-state index in [0.29, 0.717) is 11.3 Å². The molecule has 0 atom stereocenters. The standard InChI is InChI=1S/C23H35NOS/c1-21(2)11-9-16(10-12-21)19-13-17(7-8-20(19)24)18-14-22(3,4)26(25)23(5,6)15-18/h7-9,13,18H,10-12,14-15,24H2,1-6H3. The molecule has 1 aromatic carbocycles. The van der Waals surface area contributed by atoms with Crippen molar-refractivity contribution in [1.82, 2.24) is 0 Å². The summed E-state index contributed by atoms with van der Waals surface area (Å²) in [5.41, 5.74) is 11.6. The molecule has 0 amide bonds. The lowest BCUT2D eigenvalue weighted by atomic mass is 9.76. The lowest BCUT2D eigenvalue weighted by Gasteiger charge is -2.44. The Morgan fingerprint density at radius 2 is 1.65 bits per heavy atom. The number of hydrogen-bond acceptors (Lipinski definition) is 2. The Morgan fingerprint density at radius 3 is 2.19 bits per heavy atom. The van der Waals surface area contributed by atoms with Crippen molar-refractivity contribution < 1.29 is 4.21 Å². The number of anilines is 1. The van der Waals surface area contributed by atoms with E-state index in [1.807, 2.05) is 0 Å². The van der Waals surface area contributed by atoms with E-state index in [2.05, 4.69) is 65.8 Å². The highest BCUT2D eigenvalue weighted by atomic mass is 32.2. The second kappa shape index (κ2) is 6.51. The van der Waals surface area contributed by atoms with E-state index >= 15 is 0 Å². The van der Waals surface area contributed by atoms with Gasteiger partial charge in [0.25, 0.3) is 0 Å². The van der Waals surface area contributed by atoms with Crippen LogP contribution in [0.1, 0.15) is 90.7 Å². The summed E-state index contributed by atoms with van der Waals surface area (Å²) in [5.74, 6) is 0.442. The maximum Gasteiger partial charge on any atom is 0.0414 e. The number of nitrogen functional groups attached to an aromatic ring is 1. The van der Waals surface area contributed by atoms with Crippen molar-refractivity contribution in [2.24, 2.45) is 5.41 Å². The van der Waals surface area contributed by atoms with Crippen LogP contribution in [0.3, 0.4) is 0 Å². The summed E-state index contributed by atoms with van der Waals surface area (Å²) >= 11 is 0. The quantitative estimate of drug-likeness (QED) is 0.642. The third kappa shape index (κ3) is 3.78. The molecule has 1 aliphatic heterocycles. The summed E-state index contributed by atoms with van der Waals surface area (Å²) < 4.78 is 12.6. The second-order valence-electron chi connectivity index (χ2n) is 10.3. The van der Waals surface area contributed by atoms with Crippen molar-refractivity contribution in [3.05, 3.63) is 35.4 Å².